The van der Waals surface area contributed by atoms with Crippen LogP contribution in [0, 0.1) is 0 Å². The van der Waals surface area contributed by atoms with Crippen LogP contribution in [0.2, 0.25) is 0 Å². The van der Waals surface area contributed by atoms with Gasteiger partial charge in [-0.05, 0) is 31.2 Å². The van der Waals surface area contributed by atoms with Crippen LogP contribution in [-0.4, -0.2) is 52.4 Å². The number of amides is 1. The molecule has 2 aromatic carbocycles. The van der Waals surface area contributed by atoms with Gasteiger partial charge in [-0.1, -0.05) is 36.9 Å². The van der Waals surface area contributed by atoms with Gasteiger partial charge in [0.25, 0.3) is 5.91 Å². The Bertz CT molecular complexity index is 1140. The SMILES string of the molecule is C=CCOc1ccccc1CN1CCc2nnc(C(C)NC(=O)c3cccc(OC)c3)n2CC1. The Balaban J connectivity index is 1.41. The van der Waals surface area contributed by atoms with E-state index < -0.39 is 0 Å². The number of nitrogens with one attached hydrogen (secondary N) is 1. The fourth-order valence-corrected chi connectivity index (χ4v) is 4.14. The number of para-hydroxylation sites is 1. The first-order chi connectivity index (χ1) is 16.6. The molecule has 4 rings (SSSR count). The Morgan fingerprint density at radius 3 is 2.85 bits per heavy atom. The molecular formula is C26H31N5O3. The average Bonchev–Trinajstić information content (AvgIpc) is 3.17. The predicted octanol–water partition coefficient (Wildman–Crippen LogP) is 3.40. The summed E-state index contributed by atoms with van der Waals surface area (Å²) < 4.78 is 13.2. The van der Waals surface area contributed by atoms with Crippen molar-refractivity contribution in [3.8, 4) is 11.5 Å². The Kier molecular flexibility index (Phi) is 7.59. The molecule has 0 aliphatic carbocycles. The van der Waals surface area contributed by atoms with E-state index in [2.05, 4.69) is 37.6 Å². The van der Waals surface area contributed by atoms with Crippen molar-refractivity contribution in [1.29, 1.82) is 0 Å². The number of nitrogens with zero attached hydrogens (tertiary/aromatic N) is 4. The van der Waals surface area contributed by atoms with E-state index in [1.54, 1.807) is 31.4 Å². The molecule has 178 valence electrons. The summed E-state index contributed by atoms with van der Waals surface area (Å²) in [7, 11) is 1.58. The summed E-state index contributed by atoms with van der Waals surface area (Å²) in [6, 6.07) is 14.9. The Morgan fingerprint density at radius 1 is 1.18 bits per heavy atom. The molecule has 0 fully saturated rings. The minimum absolute atomic E-state index is 0.171. The lowest BCUT2D eigenvalue weighted by Gasteiger charge is -2.21. The molecule has 0 spiro atoms. The lowest BCUT2D eigenvalue weighted by Crippen LogP contribution is -2.30. The summed E-state index contributed by atoms with van der Waals surface area (Å²) in [5, 5.41) is 11.9. The van der Waals surface area contributed by atoms with Gasteiger partial charge in [-0.2, -0.15) is 0 Å². The smallest absolute Gasteiger partial charge is 0.251 e. The fourth-order valence-electron chi connectivity index (χ4n) is 4.14. The molecule has 34 heavy (non-hydrogen) atoms. The van der Waals surface area contributed by atoms with Crippen molar-refractivity contribution in [1.82, 2.24) is 25.0 Å². The number of hydrogen-bond donors (Lipinski definition) is 1. The summed E-state index contributed by atoms with van der Waals surface area (Å²) in [6.45, 7) is 9.43. The third-order valence-corrected chi connectivity index (χ3v) is 5.94. The van der Waals surface area contributed by atoms with Gasteiger partial charge in [-0.25, -0.2) is 0 Å². The molecule has 1 aromatic heterocycles. The molecule has 1 amide bonds. The first-order valence-corrected chi connectivity index (χ1v) is 11.5. The molecule has 8 nitrogen and oxygen atoms in total. The number of aromatic nitrogens is 3. The van der Waals surface area contributed by atoms with E-state index in [-0.39, 0.29) is 11.9 Å². The van der Waals surface area contributed by atoms with Gasteiger partial charge in [0.2, 0.25) is 0 Å². The third-order valence-electron chi connectivity index (χ3n) is 5.94. The maximum atomic E-state index is 12.8. The molecule has 1 unspecified atom stereocenters. The highest BCUT2D eigenvalue weighted by atomic mass is 16.5. The van der Waals surface area contributed by atoms with Crippen LogP contribution in [0.15, 0.2) is 61.2 Å². The van der Waals surface area contributed by atoms with Crippen molar-refractivity contribution in [3.63, 3.8) is 0 Å². The van der Waals surface area contributed by atoms with Crippen LogP contribution in [0.5, 0.6) is 11.5 Å². The van der Waals surface area contributed by atoms with Gasteiger partial charge in [-0.15, -0.1) is 10.2 Å². The number of fused-ring (bicyclic) bond motifs is 1. The van der Waals surface area contributed by atoms with Crippen LogP contribution in [0.4, 0.5) is 0 Å². The zero-order valence-electron chi connectivity index (χ0n) is 19.7. The van der Waals surface area contributed by atoms with E-state index in [1.807, 2.05) is 31.2 Å². The second-order valence-corrected chi connectivity index (χ2v) is 8.29. The summed E-state index contributed by atoms with van der Waals surface area (Å²) in [4.78, 5) is 15.2. The standard InChI is InChI=1S/C26H31N5O3/c1-4-16-34-23-11-6-5-8-21(23)18-30-13-12-24-28-29-25(31(24)15-14-30)19(2)27-26(32)20-9-7-10-22(17-20)33-3/h4-11,17,19H,1,12-16,18H2,2-3H3,(H,27,32). The molecule has 2 heterocycles. The molecule has 0 saturated carbocycles. The lowest BCUT2D eigenvalue weighted by molar-refractivity contribution is 0.0937. The zero-order valence-corrected chi connectivity index (χ0v) is 19.7. The van der Waals surface area contributed by atoms with Gasteiger partial charge in [0.15, 0.2) is 5.82 Å². The molecule has 3 aromatic rings. The van der Waals surface area contributed by atoms with Gasteiger partial charge in [0, 0.05) is 43.7 Å². The first-order valence-electron chi connectivity index (χ1n) is 11.5. The molecular weight excluding hydrogens is 430 g/mol. The monoisotopic (exact) mass is 461 g/mol. The number of carbonyl (C=O) groups is 1. The van der Waals surface area contributed by atoms with E-state index in [1.165, 1.54) is 0 Å². The molecule has 8 heteroatoms. The van der Waals surface area contributed by atoms with Gasteiger partial charge < -0.3 is 19.4 Å². The molecule has 1 atom stereocenters. The summed E-state index contributed by atoms with van der Waals surface area (Å²) in [6.07, 6.45) is 2.55. The number of benzene rings is 2. The maximum absolute atomic E-state index is 12.8. The molecule has 0 saturated heterocycles. The van der Waals surface area contributed by atoms with Crippen molar-refractivity contribution in [2.24, 2.45) is 0 Å². The van der Waals surface area contributed by atoms with E-state index in [0.717, 1.165) is 55.6 Å². The van der Waals surface area contributed by atoms with Gasteiger partial charge in [-0.3, -0.25) is 9.69 Å². The second-order valence-electron chi connectivity index (χ2n) is 8.29. The van der Waals surface area contributed by atoms with Crippen LogP contribution < -0.4 is 14.8 Å². The van der Waals surface area contributed by atoms with Crippen LogP contribution in [0.25, 0.3) is 0 Å². The Labute approximate surface area is 200 Å². The highest BCUT2D eigenvalue weighted by Crippen LogP contribution is 2.22. The van der Waals surface area contributed by atoms with E-state index in [0.29, 0.717) is 17.9 Å². The largest absolute Gasteiger partial charge is 0.497 e. The van der Waals surface area contributed by atoms with Gasteiger partial charge in [0.1, 0.15) is 23.9 Å². The van der Waals surface area contributed by atoms with Crippen LogP contribution in [-0.2, 0) is 19.5 Å². The third kappa shape index (κ3) is 5.46. The molecule has 0 radical (unpaired) electrons. The lowest BCUT2D eigenvalue weighted by atomic mass is 10.2. The van der Waals surface area contributed by atoms with Crippen molar-refractivity contribution in [2.75, 3.05) is 26.8 Å². The number of rotatable bonds is 9. The minimum atomic E-state index is -0.278. The van der Waals surface area contributed by atoms with Crippen molar-refractivity contribution in [3.05, 3.63) is 84.0 Å². The minimum Gasteiger partial charge on any atom is -0.497 e. The van der Waals surface area contributed by atoms with Crippen molar-refractivity contribution < 1.29 is 14.3 Å². The quantitative estimate of drug-likeness (QED) is 0.492. The maximum Gasteiger partial charge on any atom is 0.251 e. The number of carbonyl (C=O) groups excluding carboxylic acids is 1. The Morgan fingerprint density at radius 2 is 2.03 bits per heavy atom. The van der Waals surface area contributed by atoms with E-state index in [9.17, 15) is 4.79 Å². The van der Waals surface area contributed by atoms with Gasteiger partial charge >= 0.3 is 0 Å². The predicted molar refractivity (Wildman–Crippen MR) is 130 cm³/mol. The second kappa shape index (κ2) is 11.0. The van der Waals surface area contributed by atoms with Crippen LogP contribution >= 0.6 is 0 Å². The van der Waals surface area contributed by atoms with Crippen molar-refractivity contribution in [2.45, 2.75) is 32.5 Å². The highest BCUT2D eigenvalue weighted by Gasteiger charge is 2.23. The summed E-state index contributed by atoms with van der Waals surface area (Å²) >= 11 is 0. The Hall–Kier alpha value is -3.65. The molecule has 1 aliphatic rings. The zero-order chi connectivity index (χ0) is 23.9. The van der Waals surface area contributed by atoms with E-state index >= 15 is 0 Å². The number of methoxy groups -OCH3 is 1. The topological polar surface area (TPSA) is 81.5 Å². The van der Waals surface area contributed by atoms with Crippen LogP contribution in [0.3, 0.4) is 0 Å². The number of ether oxygens (including phenoxy) is 2. The molecule has 1 N–H and O–H groups in total. The first kappa shape index (κ1) is 23.5. The van der Waals surface area contributed by atoms with Gasteiger partial charge in [0.05, 0.1) is 13.2 Å². The normalized spacial score (nSPS) is 14.5. The van der Waals surface area contributed by atoms with Crippen LogP contribution in [0.1, 0.15) is 40.5 Å². The van der Waals surface area contributed by atoms with E-state index in [4.69, 9.17) is 9.47 Å². The van der Waals surface area contributed by atoms with Crippen molar-refractivity contribution >= 4 is 5.91 Å². The molecule has 0 bridgehead atoms. The summed E-state index contributed by atoms with van der Waals surface area (Å²) in [5.41, 5.74) is 1.70. The number of hydrogen-bond acceptors (Lipinski definition) is 6. The highest BCUT2D eigenvalue weighted by molar-refractivity contribution is 5.94. The molecule has 1 aliphatic heterocycles. The summed E-state index contributed by atoms with van der Waals surface area (Å²) in [5.74, 6) is 3.07. The average molecular weight is 462 g/mol. The fraction of sp³-hybridized carbons (Fsp3) is 0.346.